The van der Waals surface area contributed by atoms with Gasteiger partial charge in [-0.1, -0.05) is 18.5 Å². The lowest BCUT2D eigenvalue weighted by atomic mass is 10.1. The number of thioether (sulfide) groups is 1. The molecule has 17 heavy (non-hydrogen) atoms. The molecule has 0 aromatic heterocycles. The Kier molecular flexibility index (Phi) is 4.10. The Morgan fingerprint density at radius 1 is 1.41 bits per heavy atom. The first kappa shape index (κ1) is 12.9. The summed E-state index contributed by atoms with van der Waals surface area (Å²) in [6.07, 6.45) is 1.24. The predicted octanol–water partition coefficient (Wildman–Crippen LogP) is 3.71. The molecular weight excluding hydrogens is 252 g/mol. The average molecular weight is 271 g/mol. The van der Waals surface area contributed by atoms with Crippen LogP contribution < -0.4 is 10.2 Å². The highest BCUT2D eigenvalue weighted by molar-refractivity contribution is 8.00. The minimum atomic E-state index is 0.571. The largest absolute Gasteiger partial charge is 0.381 e. The van der Waals surface area contributed by atoms with Gasteiger partial charge in [-0.3, -0.25) is 0 Å². The van der Waals surface area contributed by atoms with Crippen molar-refractivity contribution in [2.45, 2.75) is 24.6 Å². The minimum Gasteiger partial charge on any atom is -0.381 e. The molecule has 1 saturated heterocycles. The predicted molar refractivity (Wildman–Crippen MR) is 79.7 cm³/mol. The van der Waals surface area contributed by atoms with Crippen LogP contribution in [0.25, 0.3) is 0 Å². The minimum absolute atomic E-state index is 0.571. The van der Waals surface area contributed by atoms with Gasteiger partial charge in [-0.05, 0) is 30.4 Å². The van der Waals surface area contributed by atoms with Crippen LogP contribution in [0, 0.1) is 0 Å². The molecule has 1 heterocycles. The van der Waals surface area contributed by atoms with Gasteiger partial charge in [0.2, 0.25) is 0 Å². The van der Waals surface area contributed by atoms with Crippen LogP contribution in [0.3, 0.4) is 0 Å². The van der Waals surface area contributed by atoms with E-state index in [1.165, 1.54) is 12.2 Å². The highest BCUT2D eigenvalue weighted by Gasteiger charge is 2.23. The molecule has 0 spiro atoms. The second kappa shape index (κ2) is 5.40. The lowest BCUT2D eigenvalue weighted by molar-refractivity contribution is 0.724. The topological polar surface area (TPSA) is 15.3 Å². The highest BCUT2D eigenvalue weighted by atomic mass is 35.5. The van der Waals surface area contributed by atoms with Crippen molar-refractivity contribution in [1.29, 1.82) is 0 Å². The number of nitrogens with one attached hydrogen (secondary N) is 1. The van der Waals surface area contributed by atoms with Gasteiger partial charge in [-0.25, -0.2) is 0 Å². The van der Waals surface area contributed by atoms with Gasteiger partial charge >= 0.3 is 0 Å². The molecule has 4 heteroatoms. The van der Waals surface area contributed by atoms with Crippen LogP contribution in [-0.2, 0) is 0 Å². The van der Waals surface area contributed by atoms with Gasteiger partial charge in [0, 0.05) is 31.1 Å². The summed E-state index contributed by atoms with van der Waals surface area (Å²) in [6.45, 7) is 2.28. The number of anilines is 2. The maximum absolute atomic E-state index is 6.26. The third-order valence-electron chi connectivity index (χ3n) is 3.16. The second-order valence-electron chi connectivity index (χ2n) is 4.68. The fraction of sp³-hybridized carbons (Fsp3) is 0.538. The normalized spacial score (nSPS) is 23.8. The molecule has 1 N–H and O–H groups in total. The maximum Gasteiger partial charge on any atom is 0.0659 e. The lowest BCUT2D eigenvalue weighted by Crippen LogP contribution is -2.24. The summed E-state index contributed by atoms with van der Waals surface area (Å²) < 4.78 is 0. The Bertz CT molecular complexity index is 395. The summed E-state index contributed by atoms with van der Waals surface area (Å²) >= 11 is 8.29. The zero-order valence-electron chi connectivity index (χ0n) is 10.5. The van der Waals surface area contributed by atoms with Gasteiger partial charge in [0.05, 0.1) is 10.7 Å². The zero-order chi connectivity index (χ0) is 12.4. The smallest absolute Gasteiger partial charge is 0.0659 e. The van der Waals surface area contributed by atoms with E-state index < -0.39 is 0 Å². The van der Waals surface area contributed by atoms with Gasteiger partial charge < -0.3 is 10.2 Å². The lowest BCUT2D eigenvalue weighted by Gasteiger charge is -2.20. The molecule has 0 aliphatic carbocycles. The van der Waals surface area contributed by atoms with E-state index in [9.17, 15) is 0 Å². The van der Waals surface area contributed by atoms with Crippen molar-refractivity contribution in [3.8, 4) is 0 Å². The molecule has 1 aliphatic rings. The fourth-order valence-electron chi connectivity index (χ4n) is 2.09. The highest BCUT2D eigenvalue weighted by Crippen LogP contribution is 2.31. The molecule has 0 radical (unpaired) electrons. The molecule has 1 aliphatic heterocycles. The Balaban J connectivity index is 2.09. The molecule has 1 fully saturated rings. The van der Waals surface area contributed by atoms with Crippen LogP contribution in [0.15, 0.2) is 18.2 Å². The first-order chi connectivity index (χ1) is 8.08. The van der Waals surface area contributed by atoms with Crippen molar-refractivity contribution < 1.29 is 0 Å². The van der Waals surface area contributed by atoms with Crippen molar-refractivity contribution >= 4 is 34.7 Å². The van der Waals surface area contributed by atoms with Gasteiger partial charge in [0.1, 0.15) is 0 Å². The molecule has 0 bridgehead atoms. The summed E-state index contributed by atoms with van der Waals surface area (Å²) in [5.74, 6) is 1.25. The Hall–Kier alpha value is -0.540. The second-order valence-corrected chi connectivity index (χ2v) is 6.57. The molecule has 2 atom stereocenters. The van der Waals surface area contributed by atoms with Gasteiger partial charge in [-0.2, -0.15) is 11.8 Å². The molecular formula is C13H19ClN2S. The summed E-state index contributed by atoms with van der Waals surface area (Å²) in [5.41, 5.74) is 2.19. The SMILES string of the molecule is CC1SCCC1Nc1ccc(N(C)C)c(Cl)c1. The summed E-state index contributed by atoms with van der Waals surface area (Å²) in [5, 5.41) is 5.06. The van der Waals surface area contributed by atoms with Crippen LogP contribution >= 0.6 is 23.4 Å². The van der Waals surface area contributed by atoms with E-state index in [0.29, 0.717) is 11.3 Å². The molecule has 2 nitrogen and oxygen atoms in total. The van der Waals surface area contributed by atoms with E-state index in [1.807, 2.05) is 36.8 Å². The fourth-order valence-corrected chi connectivity index (χ4v) is 3.64. The van der Waals surface area contributed by atoms with Gasteiger partial charge in [0.25, 0.3) is 0 Å². The van der Waals surface area contributed by atoms with Crippen molar-refractivity contribution in [3.05, 3.63) is 23.2 Å². The van der Waals surface area contributed by atoms with Crippen molar-refractivity contribution in [2.24, 2.45) is 0 Å². The molecule has 2 unspecified atom stereocenters. The Labute approximate surface area is 113 Å². The number of rotatable bonds is 3. The van der Waals surface area contributed by atoms with Crippen LogP contribution in [-0.4, -0.2) is 31.1 Å². The summed E-state index contributed by atoms with van der Waals surface area (Å²) in [6, 6.07) is 6.77. The van der Waals surface area contributed by atoms with Crippen LogP contribution in [0.2, 0.25) is 5.02 Å². The molecule has 2 rings (SSSR count). The van der Waals surface area contributed by atoms with Gasteiger partial charge in [-0.15, -0.1) is 0 Å². The average Bonchev–Trinajstić information content (AvgIpc) is 2.64. The number of nitrogens with zero attached hydrogens (tertiary/aromatic N) is 1. The van der Waals surface area contributed by atoms with E-state index in [-0.39, 0.29) is 0 Å². The van der Waals surface area contributed by atoms with Gasteiger partial charge in [0.15, 0.2) is 0 Å². The number of hydrogen-bond acceptors (Lipinski definition) is 3. The van der Waals surface area contributed by atoms with E-state index in [4.69, 9.17) is 11.6 Å². The quantitative estimate of drug-likeness (QED) is 0.901. The molecule has 0 amide bonds. The first-order valence-electron chi connectivity index (χ1n) is 5.93. The number of hydrogen-bond donors (Lipinski definition) is 1. The monoisotopic (exact) mass is 270 g/mol. The molecule has 1 aromatic rings. The summed E-state index contributed by atoms with van der Waals surface area (Å²) in [7, 11) is 4.01. The Morgan fingerprint density at radius 3 is 2.71 bits per heavy atom. The molecule has 94 valence electrons. The maximum atomic E-state index is 6.26. The van der Waals surface area contributed by atoms with Crippen LogP contribution in [0.4, 0.5) is 11.4 Å². The van der Waals surface area contributed by atoms with Crippen LogP contribution in [0.5, 0.6) is 0 Å². The third kappa shape index (κ3) is 3.02. The zero-order valence-corrected chi connectivity index (χ0v) is 12.1. The van der Waals surface area contributed by atoms with E-state index >= 15 is 0 Å². The number of halogens is 1. The molecule has 1 aromatic carbocycles. The Morgan fingerprint density at radius 2 is 2.18 bits per heavy atom. The van der Waals surface area contributed by atoms with Crippen molar-refractivity contribution in [1.82, 2.24) is 0 Å². The van der Waals surface area contributed by atoms with E-state index in [2.05, 4.69) is 24.4 Å². The third-order valence-corrected chi connectivity index (χ3v) is 4.79. The van der Waals surface area contributed by atoms with Crippen molar-refractivity contribution in [3.63, 3.8) is 0 Å². The number of benzene rings is 1. The standard InChI is InChI=1S/C13H19ClN2S/c1-9-12(6-7-17-9)15-10-4-5-13(16(2)3)11(14)8-10/h4-5,8-9,12,15H,6-7H2,1-3H3. The van der Waals surface area contributed by atoms with Crippen molar-refractivity contribution in [2.75, 3.05) is 30.1 Å². The molecule has 0 saturated carbocycles. The van der Waals surface area contributed by atoms with E-state index in [0.717, 1.165) is 16.4 Å². The van der Waals surface area contributed by atoms with E-state index in [1.54, 1.807) is 0 Å². The summed E-state index contributed by atoms with van der Waals surface area (Å²) in [4.78, 5) is 2.03. The first-order valence-corrected chi connectivity index (χ1v) is 7.35. The van der Waals surface area contributed by atoms with Crippen LogP contribution in [0.1, 0.15) is 13.3 Å².